The molecule has 1 fully saturated rings. The number of hydrogen-bond acceptors (Lipinski definition) is 4. The van der Waals surface area contributed by atoms with Crippen LogP contribution in [0.4, 0.5) is 4.79 Å². The fourth-order valence-corrected chi connectivity index (χ4v) is 4.59. The van der Waals surface area contributed by atoms with Crippen molar-refractivity contribution in [2.24, 2.45) is 0 Å². The van der Waals surface area contributed by atoms with Crippen LogP contribution in [-0.2, 0) is 4.79 Å². The van der Waals surface area contributed by atoms with Crippen LogP contribution in [0, 0.1) is 0 Å². The predicted octanol–water partition coefficient (Wildman–Crippen LogP) is 3.49. The number of carbonyl (C=O) groups is 2. The maximum atomic E-state index is 12.8. The molecule has 150 valence electrons. The molecule has 2 rings (SSSR count). The molecule has 7 heteroatoms. The summed E-state index contributed by atoms with van der Waals surface area (Å²) in [7, 11) is 3.44. The van der Waals surface area contributed by atoms with E-state index in [9.17, 15) is 9.59 Å². The Balaban J connectivity index is 2.05. The van der Waals surface area contributed by atoms with Crippen molar-refractivity contribution in [1.29, 1.82) is 0 Å². The van der Waals surface area contributed by atoms with E-state index in [1.54, 1.807) is 30.8 Å². The number of rotatable bonds is 8. The van der Waals surface area contributed by atoms with Gasteiger partial charge in [0.05, 0.1) is 12.4 Å². The average Bonchev–Trinajstić information content (AvgIpc) is 2.96. The number of hydrogen-bond donors (Lipinski definition) is 1. The third kappa shape index (κ3) is 5.31. The lowest BCUT2D eigenvalue weighted by molar-refractivity contribution is -0.130. The second-order valence-electron chi connectivity index (χ2n) is 7.04. The van der Waals surface area contributed by atoms with Crippen LogP contribution in [-0.4, -0.2) is 60.3 Å². The third-order valence-corrected chi connectivity index (χ3v) is 6.19. The van der Waals surface area contributed by atoms with Crippen LogP contribution >= 0.6 is 11.8 Å². The predicted molar refractivity (Wildman–Crippen MR) is 110 cm³/mol. The van der Waals surface area contributed by atoms with E-state index in [0.29, 0.717) is 13.1 Å². The zero-order valence-corrected chi connectivity index (χ0v) is 17.7. The standard InChI is InChI=1S/C20H31N3O3S/c1-6-17-18(24)23(13-9-12-22(4)20(25)21-14(2)3)19(27-17)15-10-7-8-11-16(15)26-5/h7-8,10-11,14,17,19H,6,9,12-13H2,1-5H3,(H,21,25). The molecule has 1 N–H and O–H groups in total. The monoisotopic (exact) mass is 393 g/mol. The summed E-state index contributed by atoms with van der Waals surface area (Å²) < 4.78 is 5.51. The highest BCUT2D eigenvalue weighted by atomic mass is 32.2. The van der Waals surface area contributed by atoms with Gasteiger partial charge in [-0.2, -0.15) is 0 Å². The van der Waals surface area contributed by atoms with Gasteiger partial charge in [0.15, 0.2) is 0 Å². The van der Waals surface area contributed by atoms with Gasteiger partial charge >= 0.3 is 6.03 Å². The minimum Gasteiger partial charge on any atom is -0.496 e. The minimum absolute atomic E-state index is 0.0260. The second kappa shape index (κ2) is 9.88. The first-order chi connectivity index (χ1) is 12.9. The Morgan fingerprint density at radius 1 is 1.37 bits per heavy atom. The fraction of sp³-hybridized carbons (Fsp3) is 0.600. The maximum Gasteiger partial charge on any atom is 0.317 e. The summed E-state index contributed by atoms with van der Waals surface area (Å²) in [4.78, 5) is 28.5. The van der Waals surface area contributed by atoms with E-state index < -0.39 is 0 Å². The lowest BCUT2D eigenvalue weighted by Crippen LogP contribution is -2.42. The van der Waals surface area contributed by atoms with Crippen LogP contribution in [0.25, 0.3) is 0 Å². The van der Waals surface area contributed by atoms with Gasteiger partial charge in [-0.1, -0.05) is 25.1 Å². The van der Waals surface area contributed by atoms with Crippen molar-refractivity contribution in [3.63, 3.8) is 0 Å². The number of nitrogens with one attached hydrogen (secondary N) is 1. The molecule has 0 aromatic heterocycles. The van der Waals surface area contributed by atoms with Crippen LogP contribution in [0.1, 0.15) is 44.6 Å². The zero-order valence-electron chi connectivity index (χ0n) is 16.9. The Labute approximate surface area is 166 Å². The number of nitrogens with zero attached hydrogens (tertiary/aromatic N) is 2. The highest BCUT2D eigenvalue weighted by Gasteiger charge is 2.40. The number of methoxy groups -OCH3 is 1. The number of carbonyl (C=O) groups excluding carboxylic acids is 2. The molecule has 1 aromatic rings. The summed E-state index contributed by atoms with van der Waals surface area (Å²) in [6.45, 7) is 7.14. The van der Waals surface area contributed by atoms with Crippen LogP contribution in [0.5, 0.6) is 5.75 Å². The number of benzene rings is 1. The summed E-state index contributed by atoms with van der Waals surface area (Å²) in [5.41, 5.74) is 1.03. The van der Waals surface area contributed by atoms with E-state index in [2.05, 4.69) is 5.32 Å². The Kier molecular flexibility index (Phi) is 7.83. The van der Waals surface area contributed by atoms with Gasteiger partial charge in [-0.05, 0) is 32.8 Å². The highest BCUT2D eigenvalue weighted by molar-refractivity contribution is 8.01. The zero-order chi connectivity index (χ0) is 20.0. The smallest absolute Gasteiger partial charge is 0.317 e. The molecular formula is C20H31N3O3S. The summed E-state index contributed by atoms with van der Waals surface area (Å²) in [6, 6.07) is 7.90. The number of ether oxygens (including phenoxy) is 1. The van der Waals surface area contributed by atoms with Gasteiger partial charge in [-0.25, -0.2) is 4.79 Å². The van der Waals surface area contributed by atoms with Crippen molar-refractivity contribution < 1.29 is 14.3 Å². The number of amides is 3. The molecule has 1 saturated heterocycles. The minimum atomic E-state index is -0.0835. The van der Waals surface area contributed by atoms with Gasteiger partial charge in [0.2, 0.25) is 5.91 Å². The topological polar surface area (TPSA) is 61.9 Å². The van der Waals surface area contributed by atoms with Gasteiger partial charge < -0.3 is 19.9 Å². The molecule has 27 heavy (non-hydrogen) atoms. The first-order valence-corrected chi connectivity index (χ1v) is 10.4. The Hall–Kier alpha value is -1.89. The summed E-state index contributed by atoms with van der Waals surface area (Å²) in [6.07, 6.45) is 1.54. The van der Waals surface area contributed by atoms with Gasteiger partial charge in [0.1, 0.15) is 11.1 Å². The maximum absolute atomic E-state index is 12.8. The molecule has 0 saturated carbocycles. The largest absolute Gasteiger partial charge is 0.496 e. The molecule has 1 aromatic carbocycles. The summed E-state index contributed by atoms with van der Waals surface area (Å²) in [5, 5.41) is 2.81. The van der Waals surface area contributed by atoms with E-state index in [0.717, 1.165) is 24.2 Å². The first kappa shape index (κ1) is 21.4. The van der Waals surface area contributed by atoms with Gasteiger partial charge in [0, 0.05) is 31.7 Å². The molecule has 3 amide bonds. The molecule has 1 heterocycles. The van der Waals surface area contributed by atoms with Crippen LogP contribution < -0.4 is 10.1 Å². The molecule has 2 atom stereocenters. The van der Waals surface area contributed by atoms with Crippen molar-refractivity contribution in [3.05, 3.63) is 29.8 Å². The molecule has 0 radical (unpaired) electrons. The first-order valence-electron chi connectivity index (χ1n) is 9.49. The van der Waals surface area contributed by atoms with E-state index in [4.69, 9.17) is 4.74 Å². The third-order valence-electron chi connectivity index (χ3n) is 4.56. The number of urea groups is 1. The number of para-hydroxylation sites is 1. The van der Waals surface area contributed by atoms with Crippen molar-refractivity contribution in [2.45, 2.75) is 50.3 Å². The molecule has 0 aliphatic carbocycles. The highest BCUT2D eigenvalue weighted by Crippen LogP contribution is 2.46. The van der Waals surface area contributed by atoms with Gasteiger partial charge in [0.25, 0.3) is 0 Å². The van der Waals surface area contributed by atoms with Crippen molar-refractivity contribution in [1.82, 2.24) is 15.1 Å². The van der Waals surface area contributed by atoms with Gasteiger partial charge in [-0.3, -0.25) is 4.79 Å². The molecule has 6 nitrogen and oxygen atoms in total. The normalized spacial score (nSPS) is 19.5. The lowest BCUT2D eigenvalue weighted by Gasteiger charge is -2.26. The number of thioether (sulfide) groups is 1. The summed E-state index contributed by atoms with van der Waals surface area (Å²) in [5.74, 6) is 0.977. The Bertz CT molecular complexity index is 653. The van der Waals surface area contributed by atoms with Crippen LogP contribution in [0.2, 0.25) is 0 Å². The van der Waals surface area contributed by atoms with Crippen molar-refractivity contribution >= 4 is 23.7 Å². The molecule has 1 aliphatic rings. The molecular weight excluding hydrogens is 362 g/mol. The quantitative estimate of drug-likeness (QED) is 0.734. The van der Waals surface area contributed by atoms with Crippen molar-refractivity contribution in [3.8, 4) is 5.75 Å². The molecule has 0 bridgehead atoms. The second-order valence-corrected chi connectivity index (χ2v) is 8.33. The molecule has 1 aliphatic heterocycles. The molecule has 0 spiro atoms. The molecule has 2 unspecified atom stereocenters. The summed E-state index contributed by atoms with van der Waals surface area (Å²) >= 11 is 1.69. The SMILES string of the molecule is CCC1SC(c2ccccc2OC)N(CCCN(C)C(=O)NC(C)C)C1=O. The van der Waals surface area contributed by atoms with E-state index in [-0.39, 0.29) is 28.6 Å². The van der Waals surface area contributed by atoms with E-state index in [1.807, 2.05) is 49.9 Å². The Morgan fingerprint density at radius 3 is 2.70 bits per heavy atom. The Morgan fingerprint density at radius 2 is 2.07 bits per heavy atom. The van der Waals surface area contributed by atoms with Gasteiger partial charge in [-0.15, -0.1) is 11.8 Å². The lowest BCUT2D eigenvalue weighted by atomic mass is 10.1. The van der Waals surface area contributed by atoms with E-state index in [1.165, 1.54) is 0 Å². The van der Waals surface area contributed by atoms with Crippen molar-refractivity contribution in [2.75, 3.05) is 27.2 Å². The fourth-order valence-electron chi connectivity index (χ4n) is 3.13. The van der Waals surface area contributed by atoms with E-state index >= 15 is 0 Å². The van der Waals surface area contributed by atoms with Crippen LogP contribution in [0.3, 0.4) is 0 Å². The van der Waals surface area contributed by atoms with Crippen LogP contribution in [0.15, 0.2) is 24.3 Å². The average molecular weight is 394 g/mol.